The number of hydrogen-bond acceptors (Lipinski definition) is 6. The molecule has 0 fully saturated rings. The minimum Gasteiger partial charge on any atom is -0.493 e. The van der Waals surface area contributed by atoms with E-state index in [4.69, 9.17) is 32.7 Å². The van der Waals surface area contributed by atoms with Crippen LogP contribution < -0.4 is 14.8 Å². The number of amides is 1. The molecular weight excluding hydrogens is 619 g/mol. The second kappa shape index (κ2) is 12.0. The summed E-state index contributed by atoms with van der Waals surface area (Å²) in [5, 5.41) is 3.44. The highest BCUT2D eigenvalue weighted by Crippen LogP contribution is 2.51. The van der Waals surface area contributed by atoms with E-state index in [1.54, 1.807) is 18.2 Å². The first-order valence-electron chi connectivity index (χ1n) is 13.3. The number of methoxy groups -OCH3 is 1. The lowest BCUT2D eigenvalue weighted by Gasteiger charge is -2.43. The van der Waals surface area contributed by atoms with Crippen LogP contribution in [0.25, 0.3) is 0 Å². The summed E-state index contributed by atoms with van der Waals surface area (Å²) in [5.41, 5.74) is 4.76. The smallest absolute Gasteiger partial charge is 0.262 e. The van der Waals surface area contributed by atoms with Crippen LogP contribution in [0.3, 0.4) is 0 Å². The molecule has 3 aliphatic rings. The molecule has 0 unspecified atom stereocenters. The number of hydrogen-bond donors (Lipinski definition) is 1. The third kappa shape index (κ3) is 5.41. The quantitative estimate of drug-likeness (QED) is 0.342. The summed E-state index contributed by atoms with van der Waals surface area (Å²) >= 11 is 15.6. The van der Waals surface area contributed by atoms with Crippen LogP contribution in [0.15, 0.2) is 57.3 Å². The fraction of sp³-hybridized carbons (Fsp3) is 0.367. The average molecular weight is 648 g/mol. The van der Waals surface area contributed by atoms with Gasteiger partial charge >= 0.3 is 0 Å². The number of nitrogens with zero attached hydrogens (tertiary/aromatic N) is 1. The van der Waals surface area contributed by atoms with Crippen molar-refractivity contribution in [3.63, 3.8) is 0 Å². The molecule has 2 aromatic rings. The number of ketones is 2. The third-order valence-electron chi connectivity index (χ3n) is 7.54. The number of nitrogens with one attached hydrogen (secondary N) is 1. The topological polar surface area (TPSA) is 84.9 Å². The van der Waals surface area contributed by atoms with Gasteiger partial charge in [0.15, 0.2) is 29.7 Å². The fourth-order valence-corrected chi connectivity index (χ4v) is 6.76. The van der Waals surface area contributed by atoms with Crippen molar-refractivity contribution >= 4 is 62.3 Å². The Morgan fingerprint density at radius 2 is 1.65 bits per heavy atom. The van der Waals surface area contributed by atoms with E-state index < -0.39 is 11.8 Å². The van der Waals surface area contributed by atoms with Crippen LogP contribution in [0.4, 0.5) is 5.69 Å². The van der Waals surface area contributed by atoms with Gasteiger partial charge in [0.05, 0.1) is 21.6 Å². The molecule has 0 atom stereocenters. The maximum absolute atomic E-state index is 13.4. The standard InChI is InChI=1S/C30H29BrCl2N2O5/c1-3-35-21-6-4-8-23(36)28(21)27(29-22(35)7-5-9-24(29)37)16-12-18(31)30(25(13-16)39-2)40-15-26(38)34-17-10-11-19(32)20(33)14-17/h10-14,27H,3-9,15H2,1-2H3,(H,34,38). The summed E-state index contributed by atoms with van der Waals surface area (Å²) in [6.07, 6.45) is 4.17. The molecule has 1 N–H and O–H groups in total. The minimum atomic E-state index is -0.467. The Kier molecular flexibility index (Phi) is 8.59. The van der Waals surface area contributed by atoms with Crippen molar-refractivity contribution in [2.24, 2.45) is 0 Å². The molecule has 40 heavy (non-hydrogen) atoms. The summed E-state index contributed by atoms with van der Waals surface area (Å²) in [7, 11) is 1.51. The number of Topliss-reactive ketones (excluding diaryl/α,β-unsaturated/α-hetero) is 2. The van der Waals surface area contributed by atoms with Crippen LogP contribution in [-0.4, -0.2) is 42.6 Å². The number of allylic oxidation sites excluding steroid dienone is 4. The number of rotatable bonds is 7. The van der Waals surface area contributed by atoms with E-state index in [0.717, 1.165) is 49.2 Å². The van der Waals surface area contributed by atoms with E-state index in [2.05, 4.69) is 33.1 Å². The van der Waals surface area contributed by atoms with Crippen LogP contribution in [0.5, 0.6) is 11.5 Å². The third-order valence-corrected chi connectivity index (χ3v) is 8.87. The minimum absolute atomic E-state index is 0.0870. The zero-order valence-corrected chi connectivity index (χ0v) is 25.3. The molecule has 0 aromatic heterocycles. The molecule has 0 saturated carbocycles. The van der Waals surface area contributed by atoms with Crippen LogP contribution in [0, 0.1) is 0 Å². The monoisotopic (exact) mass is 646 g/mol. The van der Waals surface area contributed by atoms with Crippen molar-refractivity contribution in [2.75, 3.05) is 25.6 Å². The Bertz CT molecular complexity index is 1420. The Labute approximate surface area is 251 Å². The first-order chi connectivity index (χ1) is 19.2. The first kappa shape index (κ1) is 28.7. The average Bonchev–Trinajstić information content (AvgIpc) is 2.93. The molecular formula is C30H29BrCl2N2O5. The van der Waals surface area contributed by atoms with Crippen molar-refractivity contribution in [1.82, 2.24) is 4.90 Å². The second-order valence-electron chi connectivity index (χ2n) is 9.95. The summed E-state index contributed by atoms with van der Waals surface area (Å²) in [5.74, 6) is 0.0440. The molecule has 2 aliphatic carbocycles. The van der Waals surface area contributed by atoms with Crippen molar-refractivity contribution in [2.45, 2.75) is 51.4 Å². The Morgan fingerprint density at radius 1 is 1.00 bits per heavy atom. The van der Waals surface area contributed by atoms with E-state index >= 15 is 0 Å². The molecule has 1 aliphatic heterocycles. The summed E-state index contributed by atoms with van der Waals surface area (Å²) < 4.78 is 12.1. The summed E-state index contributed by atoms with van der Waals surface area (Å²) in [4.78, 5) is 41.6. The maximum Gasteiger partial charge on any atom is 0.262 e. The van der Waals surface area contributed by atoms with Crippen molar-refractivity contribution in [1.29, 1.82) is 0 Å². The van der Waals surface area contributed by atoms with Gasteiger partial charge in [-0.3, -0.25) is 14.4 Å². The van der Waals surface area contributed by atoms with Gasteiger partial charge in [-0.15, -0.1) is 0 Å². The molecule has 1 heterocycles. The number of ether oxygens (including phenoxy) is 2. The van der Waals surface area contributed by atoms with Gasteiger partial charge in [0.1, 0.15) is 0 Å². The van der Waals surface area contributed by atoms with Gasteiger partial charge in [-0.05, 0) is 84.4 Å². The molecule has 0 spiro atoms. The molecule has 10 heteroatoms. The molecule has 210 valence electrons. The highest BCUT2D eigenvalue weighted by atomic mass is 79.9. The van der Waals surface area contributed by atoms with Crippen LogP contribution >= 0.6 is 39.1 Å². The van der Waals surface area contributed by atoms with E-state index in [9.17, 15) is 14.4 Å². The fourth-order valence-electron chi connectivity index (χ4n) is 5.89. The number of benzene rings is 2. The van der Waals surface area contributed by atoms with E-state index in [0.29, 0.717) is 55.7 Å². The van der Waals surface area contributed by atoms with Crippen LogP contribution in [-0.2, 0) is 14.4 Å². The summed E-state index contributed by atoms with van der Waals surface area (Å²) in [6, 6.07) is 8.47. The predicted molar refractivity (Wildman–Crippen MR) is 158 cm³/mol. The van der Waals surface area contributed by atoms with E-state index in [-0.39, 0.29) is 18.2 Å². The van der Waals surface area contributed by atoms with Gasteiger partial charge < -0.3 is 19.7 Å². The SMILES string of the molecule is CCN1C2=C(C(=O)CCC2)C(c2cc(Br)c(OCC(=O)Nc3ccc(Cl)c(Cl)c3)c(OC)c2)C2=C1CCCC2=O. The van der Waals surface area contributed by atoms with Gasteiger partial charge in [0.25, 0.3) is 5.91 Å². The lowest BCUT2D eigenvalue weighted by molar-refractivity contribution is -0.118. The molecule has 7 nitrogen and oxygen atoms in total. The van der Waals surface area contributed by atoms with Gasteiger partial charge in [-0.1, -0.05) is 23.2 Å². The van der Waals surface area contributed by atoms with Crippen molar-refractivity contribution < 1.29 is 23.9 Å². The highest BCUT2D eigenvalue weighted by Gasteiger charge is 2.43. The normalized spacial score (nSPS) is 17.6. The molecule has 0 bridgehead atoms. The van der Waals surface area contributed by atoms with E-state index in [1.165, 1.54) is 7.11 Å². The Morgan fingerprint density at radius 3 is 2.23 bits per heavy atom. The number of carbonyl (C=O) groups is 3. The molecule has 0 saturated heterocycles. The van der Waals surface area contributed by atoms with Gasteiger partial charge in [-0.2, -0.15) is 0 Å². The zero-order valence-electron chi connectivity index (χ0n) is 22.2. The van der Waals surface area contributed by atoms with Gasteiger partial charge in [-0.25, -0.2) is 0 Å². The molecule has 1 amide bonds. The van der Waals surface area contributed by atoms with Crippen molar-refractivity contribution in [3.05, 3.63) is 73.0 Å². The zero-order chi connectivity index (χ0) is 28.6. The van der Waals surface area contributed by atoms with Gasteiger partial charge in [0.2, 0.25) is 0 Å². The van der Waals surface area contributed by atoms with E-state index in [1.807, 2.05) is 12.1 Å². The summed E-state index contributed by atoms with van der Waals surface area (Å²) in [6.45, 7) is 2.50. The number of halogens is 3. The van der Waals surface area contributed by atoms with Crippen LogP contribution in [0.1, 0.15) is 56.9 Å². The highest BCUT2D eigenvalue weighted by molar-refractivity contribution is 9.10. The number of anilines is 1. The lowest BCUT2D eigenvalue weighted by atomic mass is 9.71. The second-order valence-corrected chi connectivity index (χ2v) is 11.6. The molecule has 0 radical (unpaired) electrons. The molecule has 2 aromatic carbocycles. The van der Waals surface area contributed by atoms with Gasteiger partial charge in [0, 0.05) is 53.5 Å². The predicted octanol–water partition coefficient (Wildman–Crippen LogP) is 7.22. The largest absolute Gasteiger partial charge is 0.493 e. The van der Waals surface area contributed by atoms with Crippen molar-refractivity contribution in [3.8, 4) is 11.5 Å². The first-order valence-corrected chi connectivity index (χ1v) is 14.8. The lowest BCUT2D eigenvalue weighted by Crippen LogP contribution is -2.39. The molecule has 5 rings (SSSR count). The van der Waals surface area contributed by atoms with Crippen LogP contribution in [0.2, 0.25) is 10.0 Å². The maximum atomic E-state index is 13.4. The number of carbonyl (C=O) groups excluding carboxylic acids is 3. The Hall–Kier alpha value is -2.81. The Balaban J connectivity index is 1.47.